The Morgan fingerprint density at radius 2 is 0.798 bits per heavy atom. The zero-order chi connectivity index (χ0) is 66.1. The highest BCUT2D eigenvalue weighted by molar-refractivity contribution is 5.98. The third-order valence-corrected chi connectivity index (χ3v) is 15.0. The van der Waals surface area contributed by atoms with Crippen molar-refractivity contribution in [2.75, 3.05) is 13.1 Å². The number of benzene rings is 2. The van der Waals surface area contributed by atoms with Gasteiger partial charge in [-0.2, -0.15) is 0 Å². The summed E-state index contributed by atoms with van der Waals surface area (Å²) in [4.78, 5) is 149. The van der Waals surface area contributed by atoms with Crippen molar-refractivity contribution >= 4 is 65.1 Å². The Morgan fingerprint density at radius 1 is 0.416 bits per heavy atom. The molecule has 17 N–H and O–H groups in total. The maximum Gasteiger partial charge on any atom is 0.326 e. The zero-order valence-corrected chi connectivity index (χ0v) is 52.7. The van der Waals surface area contributed by atoms with Crippen molar-refractivity contribution in [2.24, 2.45) is 23.1 Å². The maximum atomic E-state index is 14.4. The number of hydrogen-bond donors (Lipinski definition) is 14. The summed E-state index contributed by atoms with van der Waals surface area (Å²) >= 11 is 0. The van der Waals surface area contributed by atoms with Gasteiger partial charge in [-0.05, 0) is 101 Å². The molecule has 0 saturated heterocycles. The average Bonchev–Trinajstić information content (AvgIpc) is 3.64. The van der Waals surface area contributed by atoms with Gasteiger partial charge in [-0.25, -0.2) is 4.79 Å². The number of amides is 9. The quantitative estimate of drug-likeness (QED) is 0.0424. The molecule has 0 saturated carbocycles. The highest BCUT2D eigenvalue weighted by Crippen LogP contribution is 2.15. The summed E-state index contributed by atoms with van der Waals surface area (Å²) in [6.45, 7) is 7.36. The van der Waals surface area contributed by atoms with E-state index in [1.54, 1.807) is 74.5 Å². The number of aliphatic hydroxyl groups excluding tert-OH is 1. The molecule has 0 spiro atoms. The molecule has 9 amide bonds. The first kappa shape index (κ1) is 77.6. The van der Waals surface area contributed by atoms with Crippen LogP contribution >= 0.6 is 0 Å². The van der Waals surface area contributed by atoms with Gasteiger partial charge >= 0.3 is 11.9 Å². The average molecular weight is 1250 g/mol. The molecule has 0 heterocycles. The van der Waals surface area contributed by atoms with Crippen LogP contribution in [0.25, 0.3) is 0 Å². The van der Waals surface area contributed by atoms with Gasteiger partial charge in [-0.3, -0.25) is 47.9 Å². The van der Waals surface area contributed by atoms with E-state index >= 15 is 0 Å². The first-order chi connectivity index (χ1) is 42.5. The predicted molar refractivity (Wildman–Crippen MR) is 337 cm³/mol. The molecule has 9 atom stereocenters. The number of rotatable bonds is 49. The molecule has 2 aromatic rings. The second-order valence-corrected chi connectivity index (χ2v) is 23.4. The van der Waals surface area contributed by atoms with E-state index in [0.29, 0.717) is 36.8 Å². The molecular weight excluding hydrogens is 1150 g/mol. The Bertz CT molecular complexity index is 2490. The van der Waals surface area contributed by atoms with Crippen molar-refractivity contribution in [3.63, 3.8) is 0 Å². The van der Waals surface area contributed by atoms with Crippen LogP contribution in [-0.4, -0.2) is 148 Å². The highest BCUT2D eigenvalue weighted by atomic mass is 16.4. The van der Waals surface area contributed by atoms with Crippen LogP contribution < -0.4 is 59.7 Å². The number of carboxylic acid groups (broad SMARTS) is 2. The number of primary amides is 1. The van der Waals surface area contributed by atoms with Crippen LogP contribution in [0, 0.1) is 5.92 Å². The molecule has 0 radical (unpaired) electrons. The minimum Gasteiger partial charge on any atom is -0.481 e. The van der Waals surface area contributed by atoms with E-state index in [-0.39, 0.29) is 76.8 Å². The number of aliphatic carboxylic acids is 2. The molecule has 0 unspecified atom stereocenters. The van der Waals surface area contributed by atoms with Crippen molar-refractivity contribution < 1.29 is 68.1 Å². The molecule has 25 heteroatoms. The fourth-order valence-electron chi connectivity index (χ4n) is 9.93. The molecule has 2 aromatic carbocycles. The smallest absolute Gasteiger partial charge is 0.326 e. The molecule has 25 nitrogen and oxygen atoms in total. The Balaban J connectivity index is 2.36. The third kappa shape index (κ3) is 33.6. The van der Waals surface area contributed by atoms with Crippen LogP contribution in [0.5, 0.6) is 0 Å². The van der Waals surface area contributed by atoms with Crippen molar-refractivity contribution in [3.05, 3.63) is 71.8 Å². The SMILES string of the molecule is CCCCCCCCCCCCCC(=O)N[C@H](CCC(=O)O)C(=O)N[C@H](CCCCN)C(=O)N[C@@H](C(=O)N[C@@H](CCCCN)C(=O)N[C@H](CC(C)C)C(=O)N[C@H](CCC(N)=O)C(=O)N[C@H](Cc1ccccc1)C(=O)N[C@@H](Cc1ccccc1)C(=O)O)[C@@H](C)O. The maximum absolute atomic E-state index is 14.4. The predicted octanol–water partition coefficient (Wildman–Crippen LogP) is 2.95. The van der Waals surface area contributed by atoms with E-state index in [1.165, 1.54) is 45.4 Å². The lowest BCUT2D eigenvalue weighted by Gasteiger charge is -2.29. The number of hydrogen-bond acceptors (Lipinski definition) is 14. The Morgan fingerprint density at radius 3 is 1.25 bits per heavy atom. The minimum absolute atomic E-state index is 0.0122. The summed E-state index contributed by atoms with van der Waals surface area (Å²) in [7, 11) is 0. The summed E-state index contributed by atoms with van der Waals surface area (Å²) in [5, 5.41) is 51.3. The van der Waals surface area contributed by atoms with Crippen LogP contribution in [0.1, 0.15) is 187 Å². The lowest BCUT2D eigenvalue weighted by Crippen LogP contribution is -2.62. The van der Waals surface area contributed by atoms with E-state index in [9.17, 15) is 68.1 Å². The molecule has 0 aromatic heterocycles. The highest BCUT2D eigenvalue weighted by Gasteiger charge is 2.36. The summed E-state index contributed by atoms with van der Waals surface area (Å²) in [5.74, 6) is -10.5. The second-order valence-electron chi connectivity index (χ2n) is 23.4. The van der Waals surface area contributed by atoms with Gasteiger partial charge in [0.05, 0.1) is 6.10 Å². The first-order valence-corrected chi connectivity index (χ1v) is 31.8. The topological polar surface area (TPSA) is 423 Å². The number of nitrogens with two attached hydrogens (primary N) is 3. The summed E-state index contributed by atoms with van der Waals surface area (Å²) in [6, 6.07) is 5.56. The standard InChI is InChI=1S/C64H103N11O14/c1-5-6-7-8-9-10-11-12-13-14-21-32-54(78)68-48(34-36-55(79)80)58(82)69-47(31-23-25-38-66)60(84)75-56(43(4)76)63(87)71-46(30-22-24-37-65)57(81)72-50(39-42(2)3)61(85)70-49(33-35-53(67)77)59(83)73-51(40-44-26-17-15-18-27-44)62(86)74-52(64(88)89)41-45-28-19-16-20-29-45/h15-20,26-29,42-43,46-52,56,76H,5-14,21-25,30-41,65-66H2,1-4H3,(H2,67,77)(H,68,78)(H,69,82)(H,70,85)(H,71,87)(H,72,81)(H,73,83)(H,74,86)(H,75,84)(H,79,80)(H,88,89)/t43-,46+,47-,48-,49-,50-,51-,52+,56-/m1/s1. The lowest BCUT2D eigenvalue weighted by molar-refractivity contribution is -0.142. The van der Waals surface area contributed by atoms with E-state index in [0.717, 1.165) is 25.7 Å². The minimum atomic E-state index is -1.74. The van der Waals surface area contributed by atoms with Gasteiger partial charge in [0, 0.05) is 32.1 Å². The molecule has 0 aliphatic carbocycles. The summed E-state index contributed by atoms with van der Waals surface area (Å²) in [6.07, 6.45) is 9.88. The summed E-state index contributed by atoms with van der Waals surface area (Å²) in [5.41, 5.74) is 18.3. The van der Waals surface area contributed by atoms with Gasteiger partial charge in [0.25, 0.3) is 0 Å². The van der Waals surface area contributed by atoms with E-state index in [4.69, 9.17) is 17.2 Å². The molecule has 0 aliphatic heterocycles. The molecule has 0 fully saturated rings. The Hall–Kier alpha value is -7.51. The van der Waals surface area contributed by atoms with E-state index in [2.05, 4.69) is 49.5 Å². The zero-order valence-electron chi connectivity index (χ0n) is 52.7. The van der Waals surface area contributed by atoms with Gasteiger partial charge in [-0.1, -0.05) is 146 Å². The molecule has 0 bridgehead atoms. The molecular formula is C64H103N11O14. The van der Waals surface area contributed by atoms with Crippen molar-refractivity contribution in [1.82, 2.24) is 42.5 Å². The van der Waals surface area contributed by atoms with Crippen LogP contribution in [0.4, 0.5) is 0 Å². The lowest BCUT2D eigenvalue weighted by atomic mass is 10.00. The van der Waals surface area contributed by atoms with Crippen LogP contribution in [0.3, 0.4) is 0 Å². The van der Waals surface area contributed by atoms with Gasteiger partial charge in [-0.15, -0.1) is 0 Å². The fraction of sp³-hybridized carbons (Fsp3) is 0.641. The van der Waals surface area contributed by atoms with Crippen molar-refractivity contribution in [3.8, 4) is 0 Å². The van der Waals surface area contributed by atoms with Crippen molar-refractivity contribution in [1.29, 1.82) is 0 Å². The number of carbonyl (C=O) groups is 11. The fourth-order valence-corrected chi connectivity index (χ4v) is 9.93. The number of nitrogens with one attached hydrogen (secondary N) is 8. The summed E-state index contributed by atoms with van der Waals surface area (Å²) < 4.78 is 0. The number of carboxylic acids is 2. The number of carbonyl (C=O) groups excluding carboxylic acids is 9. The first-order valence-electron chi connectivity index (χ1n) is 31.8. The molecule has 89 heavy (non-hydrogen) atoms. The Labute approximate surface area is 524 Å². The second kappa shape index (κ2) is 44.8. The third-order valence-electron chi connectivity index (χ3n) is 15.0. The number of aliphatic hydroxyl groups is 1. The van der Waals surface area contributed by atoms with Gasteiger partial charge < -0.3 is 75.1 Å². The van der Waals surface area contributed by atoms with Crippen LogP contribution in [-0.2, 0) is 65.6 Å². The van der Waals surface area contributed by atoms with E-state index < -0.39 is 132 Å². The van der Waals surface area contributed by atoms with Gasteiger partial charge in [0.2, 0.25) is 53.2 Å². The van der Waals surface area contributed by atoms with E-state index in [1.807, 2.05) is 0 Å². The molecule has 2 rings (SSSR count). The van der Waals surface area contributed by atoms with Crippen LogP contribution in [0.2, 0.25) is 0 Å². The van der Waals surface area contributed by atoms with Gasteiger partial charge in [0.1, 0.15) is 48.3 Å². The number of unbranched alkanes of at least 4 members (excludes halogenated alkanes) is 12. The van der Waals surface area contributed by atoms with Crippen molar-refractivity contribution in [2.45, 2.75) is 243 Å². The monoisotopic (exact) mass is 1250 g/mol. The van der Waals surface area contributed by atoms with Crippen LogP contribution in [0.15, 0.2) is 60.7 Å². The Kier molecular flexibility index (Phi) is 39.1. The largest absolute Gasteiger partial charge is 0.481 e. The van der Waals surface area contributed by atoms with Gasteiger partial charge in [0.15, 0.2) is 0 Å². The normalized spacial score (nSPS) is 14.2. The molecule has 498 valence electrons. The molecule has 0 aliphatic rings.